The molecule has 0 radical (unpaired) electrons. The maximum Gasteiger partial charge on any atom is 0.223 e. The molecule has 1 unspecified atom stereocenters. The van der Waals surface area contributed by atoms with Gasteiger partial charge >= 0.3 is 0 Å². The minimum atomic E-state index is -0.407. The maximum absolute atomic E-state index is 12.0. The fourth-order valence-corrected chi connectivity index (χ4v) is 1.98. The molecule has 0 aliphatic carbocycles. The van der Waals surface area contributed by atoms with Gasteiger partial charge in [-0.25, -0.2) is 0 Å². The third-order valence-corrected chi connectivity index (χ3v) is 3.20. The van der Waals surface area contributed by atoms with Gasteiger partial charge in [-0.1, -0.05) is 29.8 Å². The first-order valence-electron chi connectivity index (χ1n) is 6.50. The zero-order chi connectivity index (χ0) is 14.5. The summed E-state index contributed by atoms with van der Waals surface area (Å²) < 4.78 is 5.12. The van der Waals surface area contributed by atoms with Gasteiger partial charge in [-0.2, -0.15) is 0 Å². The lowest BCUT2D eigenvalue weighted by Crippen LogP contribution is -2.43. The summed E-state index contributed by atoms with van der Waals surface area (Å²) in [6.07, 6.45) is 0.0516. The number of benzene rings is 1. The average molecular weight is 264 g/mol. The Morgan fingerprint density at radius 2 is 2.16 bits per heavy atom. The fraction of sp³-hybridized carbons (Fsp3) is 0.533. The van der Waals surface area contributed by atoms with E-state index < -0.39 is 5.54 Å². The van der Waals surface area contributed by atoms with Crippen LogP contribution in [-0.4, -0.2) is 25.7 Å². The minimum absolute atomic E-state index is 0.0520. The maximum atomic E-state index is 12.0. The van der Waals surface area contributed by atoms with Crippen molar-refractivity contribution < 1.29 is 9.53 Å². The van der Waals surface area contributed by atoms with Gasteiger partial charge < -0.3 is 15.8 Å². The zero-order valence-corrected chi connectivity index (χ0v) is 12.2. The van der Waals surface area contributed by atoms with Crippen molar-refractivity contribution in [2.45, 2.75) is 38.8 Å². The summed E-state index contributed by atoms with van der Waals surface area (Å²) in [4.78, 5) is 12.0. The Kier molecular flexibility index (Phi) is 5.51. The number of nitrogens with two attached hydrogens (primary N) is 1. The van der Waals surface area contributed by atoms with E-state index in [9.17, 15) is 4.79 Å². The van der Waals surface area contributed by atoms with Gasteiger partial charge in [-0.15, -0.1) is 0 Å². The highest BCUT2D eigenvalue weighted by Crippen LogP contribution is 2.21. The first-order chi connectivity index (χ1) is 8.89. The van der Waals surface area contributed by atoms with Crippen LogP contribution in [0, 0.1) is 6.92 Å². The van der Waals surface area contributed by atoms with Crippen LogP contribution in [-0.2, 0) is 15.1 Å². The van der Waals surface area contributed by atoms with E-state index >= 15 is 0 Å². The summed E-state index contributed by atoms with van der Waals surface area (Å²) in [5.74, 6) is -0.0520. The van der Waals surface area contributed by atoms with Crippen molar-refractivity contribution in [1.29, 1.82) is 0 Å². The van der Waals surface area contributed by atoms with Gasteiger partial charge in [-0.05, 0) is 26.3 Å². The minimum Gasteiger partial charge on any atom is -0.380 e. The predicted octanol–water partition coefficient (Wildman–Crippen LogP) is 1.71. The van der Waals surface area contributed by atoms with Crippen LogP contribution in [0.4, 0.5) is 0 Å². The Bertz CT molecular complexity index is 426. The van der Waals surface area contributed by atoms with Crippen molar-refractivity contribution in [2.24, 2.45) is 5.73 Å². The van der Waals surface area contributed by atoms with Crippen LogP contribution < -0.4 is 11.1 Å². The molecule has 0 spiro atoms. The molecule has 1 atom stereocenters. The van der Waals surface area contributed by atoms with Gasteiger partial charge in [0.2, 0.25) is 5.91 Å². The van der Waals surface area contributed by atoms with Crippen LogP contribution in [0.25, 0.3) is 0 Å². The lowest BCUT2D eigenvalue weighted by molar-refractivity contribution is -0.125. The molecule has 4 nitrogen and oxygen atoms in total. The van der Waals surface area contributed by atoms with Crippen molar-refractivity contribution in [3.05, 3.63) is 35.4 Å². The molecule has 3 N–H and O–H groups in total. The highest BCUT2D eigenvalue weighted by atomic mass is 16.5. The summed E-state index contributed by atoms with van der Waals surface area (Å²) in [5, 5.41) is 3.02. The van der Waals surface area contributed by atoms with Crippen LogP contribution in [0.2, 0.25) is 0 Å². The molecule has 0 fully saturated rings. The predicted molar refractivity (Wildman–Crippen MR) is 76.8 cm³/mol. The van der Waals surface area contributed by atoms with Crippen molar-refractivity contribution in [1.82, 2.24) is 5.32 Å². The van der Waals surface area contributed by atoms with Crippen molar-refractivity contribution in [2.75, 3.05) is 13.7 Å². The monoisotopic (exact) mass is 264 g/mol. The third kappa shape index (κ3) is 4.65. The summed E-state index contributed by atoms with van der Waals surface area (Å²) in [5.41, 5.74) is 7.38. The topological polar surface area (TPSA) is 64.3 Å². The first kappa shape index (κ1) is 15.7. The van der Waals surface area contributed by atoms with Crippen LogP contribution >= 0.6 is 0 Å². The standard InChI is InChI=1S/C15H24N2O2/c1-11-6-5-7-12(8-11)15(2,3)17-14(18)9-13(10-16)19-4/h5-8,13H,9-10,16H2,1-4H3,(H,17,18). The number of hydrogen-bond acceptors (Lipinski definition) is 3. The Balaban J connectivity index is 2.71. The molecule has 0 heterocycles. The summed E-state index contributed by atoms with van der Waals surface area (Å²) in [6.45, 7) is 6.36. The van der Waals surface area contributed by atoms with E-state index in [0.29, 0.717) is 6.54 Å². The Morgan fingerprint density at radius 1 is 1.47 bits per heavy atom. The number of carbonyl (C=O) groups excluding carboxylic acids is 1. The van der Waals surface area contributed by atoms with Crippen LogP contribution in [0.15, 0.2) is 24.3 Å². The van der Waals surface area contributed by atoms with Gasteiger partial charge in [-0.3, -0.25) is 4.79 Å². The van der Waals surface area contributed by atoms with E-state index in [1.54, 1.807) is 7.11 Å². The molecule has 0 aliphatic heterocycles. The average Bonchev–Trinajstić information content (AvgIpc) is 2.35. The van der Waals surface area contributed by atoms with Gasteiger partial charge in [0, 0.05) is 13.7 Å². The largest absolute Gasteiger partial charge is 0.380 e. The van der Waals surface area contributed by atoms with Crippen molar-refractivity contribution >= 4 is 5.91 Å². The second-order valence-electron chi connectivity index (χ2n) is 5.34. The lowest BCUT2D eigenvalue weighted by atomic mass is 9.92. The molecular weight excluding hydrogens is 240 g/mol. The van der Waals surface area contributed by atoms with Gasteiger partial charge in [0.25, 0.3) is 0 Å². The summed E-state index contributed by atoms with van der Waals surface area (Å²) in [6, 6.07) is 8.13. The number of ether oxygens (including phenoxy) is 1. The number of amides is 1. The van der Waals surface area contributed by atoms with Gasteiger partial charge in [0.1, 0.15) is 0 Å². The van der Waals surface area contributed by atoms with Crippen LogP contribution in [0.5, 0.6) is 0 Å². The number of carbonyl (C=O) groups is 1. The number of nitrogens with one attached hydrogen (secondary N) is 1. The number of hydrogen-bond donors (Lipinski definition) is 2. The second-order valence-corrected chi connectivity index (χ2v) is 5.34. The number of rotatable bonds is 6. The molecule has 0 saturated heterocycles. The second kappa shape index (κ2) is 6.68. The molecule has 0 aromatic heterocycles. The molecule has 1 rings (SSSR count). The van der Waals surface area contributed by atoms with Gasteiger partial charge in [0.05, 0.1) is 18.1 Å². The first-order valence-corrected chi connectivity index (χ1v) is 6.50. The quantitative estimate of drug-likeness (QED) is 0.822. The number of methoxy groups -OCH3 is 1. The van der Waals surface area contributed by atoms with E-state index in [0.717, 1.165) is 5.56 Å². The third-order valence-electron chi connectivity index (χ3n) is 3.20. The highest BCUT2D eigenvalue weighted by molar-refractivity contribution is 5.77. The smallest absolute Gasteiger partial charge is 0.223 e. The molecule has 1 aromatic carbocycles. The molecule has 19 heavy (non-hydrogen) atoms. The summed E-state index contributed by atoms with van der Waals surface area (Å²) in [7, 11) is 1.57. The zero-order valence-electron chi connectivity index (χ0n) is 12.2. The molecule has 1 amide bonds. The normalized spacial score (nSPS) is 13.1. The SMILES string of the molecule is COC(CN)CC(=O)NC(C)(C)c1cccc(C)c1. The van der Waals surface area contributed by atoms with E-state index in [1.165, 1.54) is 5.56 Å². The molecule has 1 aromatic rings. The Hall–Kier alpha value is -1.39. The fourth-order valence-electron chi connectivity index (χ4n) is 1.98. The molecule has 106 valence electrons. The van der Waals surface area contributed by atoms with Gasteiger partial charge in [0.15, 0.2) is 0 Å². The molecular formula is C15H24N2O2. The van der Waals surface area contributed by atoms with Crippen molar-refractivity contribution in [3.63, 3.8) is 0 Å². The Labute approximate surface area is 115 Å². The van der Waals surface area contributed by atoms with Crippen LogP contribution in [0.1, 0.15) is 31.4 Å². The molecule has 0 saturated carbocycles. The number of aryl methyl sites for hydroxylation is 1. The molecule has 0 aliphatic rings. The van der Waals surface area contributed by atoms with Crippen molar-refractivity contribution in [3.8, 4) is 0 Å². The lowest BCUT2D eigenvalue weighted by Gasteiger charge is -2.28. The van der Waals surface area contributed by atoms with E-state index in [-0.39, 0.29) is 18.4 Å². The highest BCUT2D eigenvalue weighted by Gasteiger charge is 2.24. The molecule has 4 heteroatoms. The van der Waals surface area contributed by atoms with Crippen LogP contribution in [0.3, 0.4) is 0 Å². The van der Waals surface area contributed by atoms with E-state index in [2.05, 4.69) is 11.4 Å². The Morgan fingerprint density at radius 3 is 2.68 bits per heavy atom. The molecule has 0 bridgehead atoms. The van der Waals surface area contributed by atoms with E-state index in [4.69, 9.17) is 10.5 Å². The summed E-state index contributed by atoms with van der Waals surface area (Å²) >= 11 is 0. The van der Waals surface area contributed by atoms with E-state index in [1.807, 2.05) is 39.0 Å².